The number of aromatic nitrogens is 2. The molecule has 0 aliphatic carbocycles. The Morgan fingerprint density at radius 1 is 0.922 bits per heavy atom. The summed E-state index contributed by atoms with van der Waals surface area (Å²) in [5.41, 5.74) is 3.88. The number of nitrogens with zero attached hydrogens (tertiary/aromatic N) is 5. The molecule has 2 N–H and O–H groups in total. The third-order valence-corrected chi connectivity index (χ3v) is 9.64. The minimum atomic E-state index is -0.431. The van der Waals surface area contributed by atoms with Gasteiger partial charge in [-0.2, -0.15) is 0 Å². The molecule has 51 heavy (non-hydrogen) atoms. The van der Waals surface area contributed by atoms with Crippen molar-refractivity contribution in [3.05, 3.63) is 96.8 Å². The van der Waals surface area contributed by atoms with Crippen molar-refractivity contribution in [1.29, 1.82) is 0 Å². The lowest BCUT2D eigenvalue weighted by molar-refractivity contribution is -0.111. The molecule has 3 fully saturated rings. The normalized spacial score (nSPS) is 18.5. The molecule has 1 atom stereocenters. The Bertz CT molecular complexity index is 1880. The predicted molar refractivity (Wildman–Crippen MR) is 192 cm³/mol. The van der Waals surface area contributed by atoms with Gasteiger partial charge in [0.2, 0.25) is 5.91 Å². The summed E-state index contributed by atoms with van der Waals surface area (Å²) in [6.45, 7) is 9.15. The van der Waals surface area contributed by atoms with Crippen molar-refractivity contribution in [2.45, 2.75) is 31.3 Å². The molecule has 11 nitrogen and oxygen atoms in total. The molecule has 0 spiro atoms. The highest BCUT2D eigenvalue weighted by Crippen LogP contribution is 2.41. The first kappa shape index (κ1) is 34.3. The average molecular weight is 698 g/mol. The zero-order chi connectivity index (χ0) is 35.3. The molecular formula is C38H41F2N7O4. The molecule has 4 heterocycles. The predicted octanol–water partition coefficient (Wildman–Crippen LogP) is 6.48. The van der Waals surface area contributed by atoms with E-state index in [4.69, 9.17) is 14.3 Å². The Morgan fingerprint density at radius 2 is 1.73 bits per heavy atom. The van der Waals surface area contributed by atoms with E-state index in [1.54, 1.807) is 30.4 Å². The van der Waals surface area contributed by atoms with Crippen molar-refractivity contribution in [1.82, 2.24) is 14.9 Å². The van der Waals surface area contributed by atoms with Crippen LogP contribution in [0.1, 0.15) is 30.9 Å². The van der Waals surface area contributed by atoms with Crippen molar-refractivity contribution >= 4 is 34.6 Å². The molecule has 3 aliphatic heterocycles. The average Bonchev–Trinajstić information content (AvgIpc) is 3.66. The first-order chi connectivity index (χ1) is 24.9. The maximum atomic E-state index is 14.9. The van der Waals surface area contributed by atoms with E-state index < -0.39 is 11.6 Å². The van der Waals surface area contributed by atoms with Crippen molar-refractivity contribution < 1.29 is 27.9 Å². The Hall–Kier alpha value is -5.11. The lowest BCUT2D eigenvalue weighted by atomic mass is 9.97. The SMILES string of the molecule is C=CC(=O)Nc1cc(Nc2cc(N3OCC[C@@H]3c3cc(F)cc(-c4cccc(F)c4)c3)ncn2)c(OC)cc1N1CCC(N2CCOCC2)CC1. The monoisotopic (exact) mass is 697 g/mol. The topological polar surface area (TPSA) is 104 Å². The zero-order valence-electron chi connectivity index (χ0n) is 28.5. The molecule has 266 valence electrons. The number of amides is 1. The van der Waals surface area contributed by atoms with Crippen molar-refractivity contribution in [3.8, 4) is 16.9 Å². The molecule has 0 saturated carbocycles. The number of ether oxygens (including phenoxy) is 2. The summed E-state index contributed by atoms with van der Waals surface area (Å²) in [5, 5.41) is 7.96. The molecule has 13 heteroatoms. The quantitative estimate of drug-likeness (QED) is 0.179. The van der Waals surface area contributed by atoms with Gasteiger partial charge in [0.25, 0.3) is 0 Å². The van der Waals surface area contributed by atoms with E-state index in [1.807, 2.05) is 18.2 Å². The number of hydrogen-bond donors (Lipinski definition) is 2. The van der Waals surface area contributed by atoms with Crippen LogP contribution in [0.4, 0.5) is 37.5 Å². The fraction of sp³-hybridized carbons (Fsp3) is 0.342. The number of halogens is 2. The number of morpholine rings is 1. The third-order valence-electron chi connectivity index (χ3n) is 9.64. The van der Waals surface area contributed by atoms with Gasteiger partial charge < -0.3 is 25.0 Å². The Labute approximate surface area is 295 Å². The van der Waals surface area contributed by atoms with Gasteiger partial charge in [0.05, 0.1) is 50.0 Å². The first-order valence-electron chi connectivity index (χ1n) is 17.2. The number of benzene rings is 3. The standard InChI is InChI=1S/C38H41F2N7O4/c1-3-38(48)44-31-21-32(35(49-2)22-34(31)46-10-7-30(8-11-46)45-12-15-50-16-13-45)43-36-23-37(42-24-41-36)47-33(9-14-51-47)27-17-26(19-29(40)20-27)25-5-4-6-28(39)18-25/h3-6,17-24,30,33H,1,7-16H2,2H3,(H,44,48)(H,41,42,43)/t33-/m1/s1. The Balaban J connectivity index is 1.13. The van der Waals surface area contributed by atoms with Gasteiger partial charge in [-0.1, -0.05) is 18.7 Å². The summed E-state index contributed by atoms with van der Waals surface area (Å²) in [6.07, 6.45) is 5.25. The fourth-order valence-corrected chi connectivity index (χ4v) is 7.11. The molecular weight excluding hydrogens is 656 g/mol. The molecule has 0 unspecified atom stereocenters. The van der Waals surface area contributed by atoms with Gasteiger partial charge in [-0.15, -0.1) is 0 Å². The van der Waals surface area contributed by atoms with Crippen LogP contribution in [0.15, 0.2) is 79.6 Å². The van der Waals surface area contributed by atoms with Gasteiger partial charge in [-0.05, 0) is 72.0 Å². The van der Waals surface area contributed by atoms with Gasteiger partial charge in [-0.3, -0.25) is 14.5 Å². The summed E-state index contributed by atoms with van der Waals surface area (Å²) in [6, 6.07) is 16.4. The van der Waals surface area contributed by atoms with Crippen LogP contribution in [0.3, 0.4) is 0 Å². The van der Waals surface area contributed by atoms with Crippen LogP contribution in [-0.2, 0) is 14.4 Å². The lowest BCUT2D eigenvalue weighted by Gasteiger charge is -2.41. The van der Waals surface area contributed by atoms with Gasteiger partial charge in [0.1, 0.15) is 29.5 Å². The molecule has 3 saturated heterocycles. The summed E-state index contributed by atoms with van der Waals surface area (Å²) < 4.78 is 40.3. The van der Waals surface area contributed by atoms with E-state index >= 15 is 0 Å². The van der Waals surface area contributed by atoms with Crippen molar-refractivity contribution in [2.24, 2.45) is 0 Å². The Kier molecular flexibility index (Phi) is 10.4. The maximum absolute atomic E-state index is 14.9. The maximum Gasteiger partial charge on any atom is 0.247 e. The molecule has 1 aromatic heterocycles. The summed E-state index contributed by atoms with van der Waals surface area (Å²) in [7, 11) is 1.60. The number of carbonyl (C=O) groups is 1. The molecule has 4 aromatic rings. The van der Waals surface area contributed by atoms with E-state index in [1.165, 1.54) is 36.7 Å². The summed E-state index contributed by atoms with van der Waals surface area (Å²) in [5.74, 6) is 0.334. The van der Waals surface area contributed by atoms with Crippen LogP contribution < -0.4 is 25.3 Å². The summed E-state index contributed by atoms with van der Waals surface area (Å²) in [4.78, 5) is 32.3. The molecule has 7 rings (SSSR count). The number of rotatable bonds is 10. The number of hydrogen-bond acceptors (Lipinski definition) is 10. The number of nitrogens with one attached hydrogen (secondary N) is 2. The van der Waals surface area contributed by atoms with Crippen LogP contribution in [0.5, 0.6) is 5.75 Å². The molecule has 1 amide bonds. The zero-order valence-corrected chi connectivity index (χ0v) is 28.5. The van der Waals surface area contributed by atoms with Crippen LogP contribution >= 0.6 is 0 Å². The van der Waals surface area contributed by atoms with Gasteiger partial charge >= 0.3 is 0 Å². The van der Waals surface area contributed by atoms with Crippen molar-refractivity contribution in [3.63, 3.8) is 0 Å². The fourth-order valence-electron chi connectivity index (χ4n) is 7.11. The minimum Gasteiger partial charge on any atom is -0.494 e. The van der Waals surface area contributed by atoms with Crippen molar-refractivity contribution in [2.75, 3.05) is 73.7 Å². The van der Waals surface area contributed by atoms with E-state index in [0.29, 0.717) is 64.5 Å². The van der Waals surface area contributed by atoms with Crippen LogP contribution in [0.2, 0.25) is 0 Å². The van der Waals surface area contributed by atoms with Crippen LogP contribution in [-0.4, -0.2) is 79.9 Å². The van der Waals surface area contributed by atoms with E-state index in [-0.39, 0.29) is 11.9 Å². The number of anilines is 5. The number of piperidine rings is 1. The number of carbonyl (C=O) groups excluding carboxylic acids is 1. The van der Waals surface area contributed by atoms with Crippen LogP contribution in [0.25, 0.3) is 11.1 Å². The minimum absolute atomic E-state index is 0.324. The lowest BCUT2D eigenvalue weighted by Crippen LogP contribution is -2.49. The highest BCUT2D eigenvalue weighted by Gasteiger charge is 2.31. The second-order valence-electron chi connectivity index (χ2n) is 12.8. The second kappa shape index (κ2) is 15.4. The van der Waals surface area contributed by atoms with E-state index in [2.05, 4.69) is 37.0 Å². The molecule has 3 aliphatic rings. The van der Waals surface area contributed by atoms with Gasteiger partial charge in [0, 0.05) is 50.8 Å². The highest BCUT2D eigenvalue weighted by molar-refractivity contribution is 6.02. The number of hydroxylamine groups is 1. The largest absolute Gasteiger partial charge is 0.494 e. The Morgan fingerprint density at radius 3 is 2.49 bits per heavy atom. The highest BCUT2D eigenvalue weighted by atomic mass is 19.1. The third kappa shape index (κ3) is 7.80. The van der Waals surface area contributed by atoms with Gasteiger partial charge in [-0.25, -0.2) is 23.8 Å². The first-order valence-corrected chi connectivity index (χ1v) is 17.2. The van der Waals surface area contributed by atoms with E-state index in [0.717, 1.165) is 57.9 Å². The number of methoxy groups -OCH3 is 1. The molecule has 0 bridgehead atoms. The smallest absolute Gasteiger partial charge is 0.247 e. The van der Waals surface area contributed by atoms with Crippen LogP contribution in [0, 0.1) is 11.6 Å². The van der Waals surface area contributed by atoms with Gasteiger partial charge in [0.15, 0.2) is 5.82 Å². The van der Waals surface area contributed by atoms with E-state index in [9.17, 15) is 13.6 Å². The molecule has 3 aromatic carbocycles. The molecule has 0 radical (unpaired) electrons. The second-order valence-corrected chi connectivity index (χ2v) is 12.8. The summed E-state index contributed by atoms with van der Waals surface area (Å²) >= 11 is 0.